The smallest absolute Gasteiger partial charge is 0.493 e. The molecule has 0 spiro atoms. The zero-order valence-electron chi connectivity index (χ0n) is 33.8. The van der Waals surface area contributed by atoms with E-state index in [0.29, 0.717) is 11.1 Å². The Bertz CT molecular complexity index is 2420. The molecule has 6 N–H and O–H groups in total. The molecule has 0 aliphatic carbocycles. The second-order valence-corrected chi connectivity index (χ2v) is 13.6. The number of nitrogen functional groups attached to an aromatic ring is 2. The zero-order valence-corrected chi connectivity index (χ0v) is 33.8. The third kappa shape index (κ3) is 13.6. The van der Waals surface area contributed by atoms with Crippen LogP contribution in [0.3, 0.4) is 0 Å². The van der Waals surface area contributed by atoms with Gasteiger partial charge in [0.25, 0.3) is 0 Å². The Hall–Kier alpha value is -7.84. The van der Waals surface area contributed by atoms with Gasteiger partial charge in [-0.1, -0.05) is 24.3 Å². The maximum atomic E-state index is 13.5. The van der Waals surface area contributed by atoms with Crippen LogP contribution in [0, 0.1) is 0 Å². The van der Waals surface area contributed by atoms with Crippen LogP contribution in [-0.2, 0) is 9.59 Å². The fourth-order valence-electron chi connectivity index (χ4n) is 5.99. The van der Waals surface area contributed by atoms with Gasteiger partial charge >= 0.3 is 24.7 Å². The van der Waals surface area contributed by atoms with Gasteiger partial charge in [0, 0.05) is 11.4 Å². The summed E-state index contributed by atoms with van der Waals surface area (Å²) in [5, 5.41) is 22.7. The van der Waals surface area contributed by atoms with Crippen molar-refractivity contribution in [2.45, 2.75) is 30.9 Å². The number of halogens is 6. The van der Waals surface area contributed by atoms with E-state index in [9.17, 15) is 55.7 Å². The van der Waals surface area contributed by atoms with Gasteiger partial charge in [-0.25, -0.2) is 9.59 Å². The number of methoxy groups -OCH3 is 2. The first kappa shape index (κ1) is 48.2. The number of ether oxygens (including phenoxy) is 6. The average Bonchev–Trinajstić information content (AvgIpc) is 3.24. The lowest BCUT2D eigenvalue weighted by molar-refractivity contribution is -0.275. The van der Waals surface area contributed by atoms with E-state index in [2.05, 4.69) is 9.47 Å². The van der Waals surface area contributed by atoms with Gasteiger partial charge in [-0.3, -0.25) is 9.59 Å². The van der Waals surface area contributed by atoms with Crippen molar-refractivity contribution in [3.05, 3.63) is 143 Å². The van der Waals surface area contributed by atoms with Crippen LogP contribution in [0.1, 0.15) is 43.3 Å². The number of hydrogen-bond donors (Lipinski definition) is 4. The van der Waals surface area contributed by atoms with Crippen molar-refractivity contribution >= 4 is 47.0 Å². The number of ketones is 2. The van der Waals surface area contributed by atoms with Crippen molar-refractivity contribution in [2.75, 3.05) is 25.7 Å². The highest BCUT2D eigenvalue weighted by molar-refractivity contribution is 6.01. The minimum Gasteiger partial charge on any atom is -0.493 e. The molecular formula is C45H36F6N2O12. The predicted octanol–water partition coefficient (Wildman–Crippen LogP) is 7.47. The molecule has 0 bridgehead atoms. The van der Waals surface area contributed by atoms with Crippen molar-refractivity contribution < 1.29 is 84.2 Å². The number of aliphatic hydroxyl groups is 2. The fraction of sp³-hybridized carbons (Fsp3) is 0.156. The van der Waals surface area contributed by atoms with Gasteiger partial charge in [-0.05, 0) is 120 Å². The summed E-state index contributed by atoms with van der Waals surface area (Å²) in [6.45, 7) is 0. The van der Waals surface area contributed by atoms with Crippen LogP contribution < -0.4 is 39.9 Å². The fourth-order valence-corrected chi connectivity index (χ4v) is 5.99. The average molecular weight is 911 g/mol. The van der Waals surface area contributed by atoms with Gasteiger partial charge in [0.2, 0.25) is 0 Å². The summed E-state index contributed by atoms with van der Waals surface area (Å²) in [4.78, 5) is 52.3. The number of hydrogen-bond acceptors (Lipinski definition) is 14. The Labute approximate surface area is 364 Å². The normalized spacial score (nSPS) is 13.1. The Balaban J connectivity index is 1.29. The summed E-state index contributed by atoms with van der Waals surface area (Å²) >= 11 is 0. The maximum Gasteiger partial charge on any atom is 0.573 e. The molecular weight excluding hydrogens is 874 g/mol. The van der Waals surface area contributed by atoms with E-state index in [4.69, 9.17) is 30.4 Å². The zero-order chi connectivity index (χ0) is 47.6. The van der Waals surface area contributed by atoms with E-state index < -0.39 is 65.9 Å². The van der Waals surface area contributed by atoms with Crippen LogP contribution in [0.4, 0.5) is 37.7 Å². The van der Waals surface area contributed by atoms with E-state index in [1.54, 1.807) is 0 Å². The Kier molecular flexibility index (Phi) is 15.2. The molecule has 2 atom stereocenters. The van der Waals surface area contributed by atoms with Crippen LogP contribution in [0.5, 0.6) is 34.5 Å². The highest BCUT2D eigenvalue weighted by Crippen LogP contribution is 2.34. The quantitative estimate of drug-likeness (QED) is 0.0234. The molecule has 0 fully saturated rings. The van der Waals surface area contributed by atoms with Crippen LogP contribution in [0.25, 0.3) is 12.2 Å². The first-order chi connectivity index (χ1) is 30.6. The maximum absolute atomic E-state index is 13.5. The molecule has 2 unspecified atom stereocenters. The topological polar surface area (TPSA) is 216 Å². The lowest BCUT2D eigenvalue weighted by Crippen LogP contribution is -2.38. The molecule has 65 heavy (non-hydrogen) atoms. The predicted molar refractivity (Wildman–Crippen MR) is 220 cm³/mol. The minimum absolute atomic E-state index is 0.00634. The van der Waals surface area contributed by atoms with Gasteiger partial charge in [0.15, 0.2) is 34.6 Å². The molecule has 0 heterocycles. The number of esters is 2. The highest BCUT2D eigenvalue weighted by Gasteiger charge is 2.36. The van der Waals surface area contributed by atoms with Crippen molar-refractivity contribution in [3.8, 4) is 34.5 Å². The summed E-state index contributed by atoms with van der Waals surface area (Å²) in [5.74, 6) is -6.70. The molecule has 0 saturated carbocycles. The second kappa shape index (κ2) is 20.6. The molecule has 0 aromatic heterocycles. The number of aliphatic hydroxyl groups excluding tert-OH is 2. The van der Waals surface area contributed by atoms with E-state index in [-0.39, 0.29) is 51.1 Å². The van der Waals surface area contributed by atoms with Crippen LogP contribution in [-0.4, -0.2) is 72.9 Å². The molecule has 14 nitrogen and oxygen atoms in total. The standard InChI is InChI=1S/C45H36F6N2O12/c1-60-37-19-24(5-17-35(37)62-42(58)26-7-11-31(12-8-26)64-44(46,47)48)3-15-33(54)40(56)39(28-21-29(52)23-30(53)22-28)41(57)34(55)16-4-25-6-18-36(38(20-25)61-2)63-43(59)27-9-13-32(14-10-27)65-45(49,50)51/h3-23,39-41,56-57H,52-53H2,1-2H3/b15-3+,16-4+. The molecule has 5 aromatic carbocycles. The van der Waals surface area contributed by atoms with Crippen molar-refractivity contribution in [2.24, 2.45) is 0 Å². The highest BCUT2D eigenvalue weighted by atomic mass is 19.4. The molecule has 0 aliphatic heterocycles. The molecule has 5 aromatic rings. The third-order valence-electron chi connectivity index (χ3n) is 8.96. The second-order valence-electron chi connectivity index (χ2n) is 13.6. The summed E-state index contributed by atoms with van der Waals surface area (Å²) in [5.41, 5.74) is 12.5. The molecule has 0 saturated heterocycles. The molecule has 0 aliphatic rings. The number of alkyl halides is 6. The third-order valence-corrected chi connectivity index (χ3v) is 8.96. The van der Waals surface area contributed by atoms with Crippen LogP contribution >= 0.6 is 0 Å². The van der Waals surface area contributed by atoms with Crippen molar-refractivity contribution in [1.29, 1.82) is 0 Å². The molecule has 340 valence electrons. The van der Waals surface area contributed by atoms with Crippen LogP contribution in [0.2, 0.25) is 0 Å². The lowest BCUT2D eigenvalue weighted by atomic mass is 9.83. The van der Waals surface area contributed by atoms with E-state index in [1.165, 1.54) is 81.0 Å². The lowest BCUT2D eigenvalue weighted by Gasteiger charge is -2.26. The monoisotopic (exact) mass is 910 g/mol. The number of rotatable bonds is 17. The van der Waals surface area contributed by atoms with Crippen molar-refractivity contribution in [1.82, 2.24) is 0 Å². The van der Waals surface area contributed by atoms with Gasteiger partial charge < -0.3 is 50.1 Å². The number of carbonyl (C=O) groups excluding carboxylic acids is 4. The van der Waals surface area contributed by atoms with Crippen molar-refractivity contribution in [3.63, 3.8) is 0 Å². The van der Waals surface area contributed by atoms with E-state index in [1.807, 2.05) is 0 Å². The Morgan fingerprint density at radius 3 is 1.25 bits per heavy atom. The number of nitrogens with two attached hydrogens (primary N) is 2. The van der Waals surface area contributed by atoms with E-state index >= 15 is 0 Å². The van der Waals surface area contributed by atoms with Gasteiger partial charge in [-0.15, -0.1) is 26.3 Å². The van der Waals surface area contributed by atoms with Gasteiger partial charge in [0.1, 0.15) is 23.7 Å². The largest absolute Gasteiger partial charge is 0.573 e. The number of carbonyl (C=O) groups is 4. The summed E-state index contributed by atoms with van der Waals surface area (Å²) in [6, 6.07) is 20.1. The molecule has 0 amide bonds. The van der Waals surface area contributed by atoms with E-state index in [0.717, 1.165) is 60.7 Å². The summed E-state index contributed by atoms with van der Waals surface area (Å²) < 4.78 is 104. The molecule has 0 radical (unpaired) electrons. The number of benzene rings is 5. The van der Waals surface area contributed by atoms with Gasteiger partial charge in [0.05, 0.1) is 31.3 Å². The van der Waals surface area contributed by atoms with Crippen LogP contribution in [0.15, 0.2) is 115 Å². The Morgan fingerprint density at radius 1 is 0.538 bits per heavy atom. The number of anilines is 2. The molecule has 20 heteroatoms. The SMILES string of the molecule is COc1cc(/C=C/C(=O)C(O)C(c2cc(N)cc(N)c2)C(O)C(=O)/C=C/c2ccc(OC(=O)c3ccc(OC(F)(F)F)cc3)c(OC)c2)ccc1OC(=O)c1ccc(OC(F)(F)F)cc1. The first-order valence-corrected chi connectivity index (χ1v) is 18.6. The van der Waals surface area contributed by atoms with Gasteiger partial charge in [-0.2, -0.15) is 0 Å². The Morgan fingerprint density at radius 2 is 0.908 bits per heavy atom. The summed E-state index contributed by atoms with van der Waals surface area (Å²) in [7, 11) is 2.51. The first-order valence-electron chi connectivity index (χ1n) is 18.6. The summed E-state index contributed by atoms with van der Waals surface area (Å²) in [6.07, 6.45) is -9.53. The minimum atomic E-state index is -4.93. The molecule has 5 rings (SSSR count).